The van der Waals surface area contributed by atoms with Crippen molar-refractivity contribution in [2.75, 3.05) is 37.6 Å². The second-order valence-electron chi connectivity index (χ2n) is 5.98. The molecule has 4 nitrogen and oxygen atoms in total. The maximum Gasteiger partial charge on any atom is 0.147 e. The van der Waals surface area contributed by atoms with Crippen LogP contribution in [0.3, 0.4) is 0 Å². The van der Waals surface area contributed by atoms with Gasteiger partial charge in [-0.3, -0.25) is 4.98 Å². The molecule has 0 saturated carbocycles. The van der Waals surface area contributed by atoms with Crippen molar-refractivity contribution in [2.24, 2.45) is 5.41 Å². The molecule has 0 radical (unpaired) electrons. The second-order valence-corrected chi connectivity index (χ2v) is 5.98. The number of hydrogen-bond acceptors (Lipinski definition) is 4. The molecule has 2 aliphatic heterocycles. The lowest BCUT2D eigenvalue weighted by Gasteiger charge is -2.47. The Morgan fingerprint density at radius 1 is 1.05 bits per heavy atom. The molecule has 104 valence electrons. The highest BCUT2D eigenvalue weighted by Gasteiger charge is 2.37. The fourth-order valence-corrected chi connectivity index (χ4v) is 3.51. The first-order valence-corrected chi connectivity index (χ1v) is 7.55. The molecule has 1 aromatic heterocycles. The van der Waals surface area contributed by atoms with Crippen LogP contribution in [-0.2, 0) is 0 Å². The summed E-state index contributed by atoms with van der Waals surface area (Å²) in [4.78, 5) is 13.6. The molecule has 0 aliphatic carbocycles. The standard InChI is InChI=1S/C15H24N4/c1-2-18-9-3-15(4-10-18)5-11-19(12-6-15)14-13-16-7-8-17-14/h7-8,13H,2-6,9-12H2,1H3. The number of hydrogen-bond donors (Lipinski definition) is 0. The van der Waals surface area contributed by atoms with Crippen LogP contribution in [0, 0.1) is 5.41 Å². The summed E-state index contributed by atoms with van der Waals surface area (Å²) in [7, 11) is 0. The van der Waals surface area contributed by atoms with Crippen LogP contribution in [0.25, 0.3) is 0 Å². The maximum atomic E-state index is 4.42. The summed E-state index contributed by atoms with van der Waals surface area (Å²) < 4.78 is 0. The number of likely N-dealkylation sites (tertiary alicyclic amines) is 1. The first kappa shape index (κ1) is 12.9. The molecule has 1 aromatic rings. The fourth-order valence-electron chi connectivity index (χ4n) is 3.51. The highest BCUT2D eigenvalue weighted by atomic mass is 15.2. The normalized spacial score (nSPS) is 23.7. The monoisotopic (exact) mass is 260 g/mol. The Kier molecular flexibility index (Phi) is 3.69. The van der Waals surface area contributed by atoms with Gasteiger partial charge in [-0.05, 0) is 50.7 Å². The maximum absolute atomic E-state index is 4.42. The Hall–Kier alpha value is -1.16. The van der Waals surface area contributed by atoms with Gasteiger partial charge in [0, 0.05) is 25.5 Å². The van der Waals surface area contributed by atoms with Crippen LogP contribution in [-0.4, -0.2) is 47.6 Å². The van der Waals surface area contributed by atoms with E-state index in [0.717, 1.165) is 18.9 Å². The third-order valence-electron chi connectivity index (χ3n) is 5.06. The Morgan fingerprint density at radius 2 is 1.74 bits per heavy atom. The van der Waals surface area contributed by atoms with Crippen LogP contribution < -0.4 is 4.90 Å². The summed E-state index contributed by atoms with van der Waals surface area (Å²) in [6.07, 6.45) is 10.8. The molecule has 1 spiro atoms. The lowest BCUT2D eigenvalue weighted by atomic mass is 9.71. The van der Waals surface area contributed by atoms with Crippen LogP contribution in [0.15, 0.2) is 18.6 Å². The van der Waals surface area contributed by atoms with Crippen LogP contribution in [0.4, 0.5) is 5.82 Å². The van der Waals surface area contributed by atoms with E-state index in [4.69, 9.17) is 0 Å². The van der Waals surface area contributed by atoms with Gasteiger partial charge >= 0.3 is 0 Å². The highest BCUT2D eigenvalue weighted by Crippen LogP contribution is 2.41. The third kappa shape index (κ3) is 2.73. The van der Waals surface area contributed by atoms with Crippen LogP contribution in [0.2, 0.25) is 0 Å². The van der Waals surface area contributed by atoms with Crippen molar-refractivity contribution in [3.63, 3.8) is 0 Å². The van der Waals surface area contributed by atoms with E-state index < -0.39 is 0 Å². The summed E-state index contributed by atoms with van der Waals surface area (Å²) in [6, 6.07) is 0. The average molecular weight is 260 g/mol. The Morgan fingerprint density at radius 3 is 2.32 bits per heavy atom. The molecular weight excluding hydrogens is 236 g/mol. The fraction of sp³-hybridized carbons (Fsp3) is 0.733. The number of piperidine rings is 2. The number of nitrogens with zero attached hydrogens (tertiary/aromatic N) is 4. The van der Waals surface area contributed by atoms with E-state index in [1.54, 1.807) is 12.4 Å². The van der Waals surface area contributed by atoms with E-state index >= 15 is 0 Å². The van der Waals surface area contributed by atoms with Gasteiger partial charge in [0.1, 0.15) is 5.82 Å². The van der Waals surface area contributed by atoms with Gasteiger partial charge in [-0.15, -0.1) is 0 Å². The lowest BCUT2D eigenvalue weighted by Crippen LogP contribution is -2.47. The van der Waals surface area contributed by atoms with E-state index in [0.29, 0.717) is 5.41 Å². The molecule has 0 unspecified atom stereocenters. The summed E-state index contributed by atoms with van der Waals surface area (Å²) in [5.74, 6) is 1.04. The van der Waals surface area contributed by atoms with Gasteiger partial charge in [0.15, 0.2) is 0 Å². The van der Waals surface area contributed by atoms with Gasteiger partial charge in [-0.25, -0.2) is 4.98 Å². The molecule has 0 amide bonds. The quantitative estimate of drug-likeness (QED) is 0.816. The van der Waals surface area contributed by atoms with E-state index in [1.165, 1.54) is 45.3 Å². The van der Waals surface area contributed by atoms with E-state index in [-0.39, 0.29) is 0 Å². The van der Waals surface area contributed by atoms with E-state index in [9.17, 15) is 0 Å². The molecule has 0 bridgehead atoms. The van der Waals surface area contributed by atoms with Gasteiger partial charge in [0.05, 0.1) is 6.20 Å². The zero-order chi connectivity index (χ0) is 13.1. The molecule has 19 heavy (non-hydrogen) atoms. The number of aromatic nitrogens is 2. The summed E-state index contributed by atoms with van der Waals surface area (Å²) in [5.41, 5.74) is 0.615. The van der Waals surface area contributed by atoms with Crippen molar-refractivity contribution >= 4 is 5.82 Å². The molecule has 3 heterocycles. The summed E-state index contributed by atoms with van der Waals surface area (Å²) in [6.45, 7) is 8.36. The molecule has 0 N–H and O–H groups in total. The van der Waals surface area contributed by atoms with Gasteiger partial charge in [0.25, 0.3) is 0 Å². The summed E-state index contributed by atoms with van der Waals surface area (Å²) in [5, 5.41) is 0. The minimum atomic E-state index is 0.615. The van der Waals surface area contributed by atoms with Crippen molar-refractivity contribution in [1.29, 1.82) is 0 Å². The molecule has 0 atom stereocenters. The average Bonchev–Trinajstić information content (AvgIpc) is 2.50. The molecule has 0 aromatic carbocycles. The second kappa shape index (κ2) is 5.45. The van der Waals surface area contributed by atoms with Gasteiger partial charge in [-0.2, -0.15) is 0 Å². The minimum Gasteiger partial charge on any atom is -0.355 e. The van der Waals surface area contributed by atoms with Gasteiger partial charge < -0.3 is 9.80 Å². The van der Waals surface area contributed by atoms with Gasteiger partial charge in [-0.1, -0.05) is 6.92 Å². The predicted octanol–water partition coefficient (Wildman–Crippen LogP) is 2.18. The molecule has 4 heteroatoms. The van der Waals surface area contributed by atoms with Crippen LogP contribution in [0.1, 0.15) is 32.6 Å². The summed E-state index contributed by atoms with van der Waals surface area (Å²) >= 11 is 0. The largest absolute Gasteiger partial charge is 0.355 e. The zero-order valence-corrected chi connectivity index (χ0v) is 11.9. The van der Waals surface area contributed by atoms with Crippen LogP contribution >= 0.6 is 0 Å². The van der Waals surface area contributed by atoms with Crippen molar-refractivity contribution in [3.05, 3.63) is 18.6 Å². The lowest BCUT2D eigenvalue weighted by molar-refractivity contribution is 0.0829. The Bertz CT molecular complexity index is 388. The van der Waals surface area contributed by atoms with Crippen LogP contribution in [0.5, 0.6) is 0 Å². The predicted molar refractivity (Wildman–Crippen MR) is 77.3 cm³/mol. The zero-order valence-electron chi connectivity index (χ0n) is 11.9. The highest BCUT2D eigenvalue weighted by molar-refractivity contribution is 5.35. The Labute approximate surface area is 115 Å². The van der Waals surface area contributed by atoms with Crippen molar-refractivity contribution in [3.8, 4) is 0 Å². The molecule has 2 fully saturated rings. The smallest absolute Gasteiger partial charge is 0.147 e. The van der Waals surface area contributed by atoms with E-state index in [1.807, 2.05) is 6.20 Å². The molecule has 2 aliphatic rings. The molecule has 3 rings (SSSR count). The number of rotatable bonds is 2. The molecule has 2 saturated heterocycles. The van der Waals surface area contributed by atoms with Crippen molar-refractivity contribution in [2.45, 2.75) is 32.6 Å². The Balaban J connectivity index is 1.58. The topological polar surface area (TPSA) is 32.3 Å². The first-order valence-electron chi connectivity index (χ1n) is 7.55. The minimum absolute atomic E-state index is 0.615. The number of anilines is 1. The molecular formula is C15H24N4. The van der Waals surface area contributed by atoms with Crippen molar-refractivity contribution < 1.29 is 0 Å². The van der Waals surface area contributed by atoms with Crippen molar-refractivity contribution in [1.82, 2.24) is 14.9 Å². The third-order valence-corrected chi connectivity index (χ3v) is 5.06. The van der Waals surface area contributed by atoms with E-state index in [2.05, 4.69) is 26.7 Å². The van der Waals surface area contributed by atoms with Gasteiger partial charge in [0.2, 0.25) is 0 Å². The SMILES string of the molecule is CCN1CCC2(CC1)CCN(c1cnccn1)CC2. The first-order chi connectivity index (χ1) is 9.31.